The zero-order valence-electron chi connectivity index (χ0n) is 29.5. The average Bonchev–Trinajstić information content (AvgIpc) is 3.89. The molecule has 0 aliphatic heterocycles. The van der Waals surface area contributed by atoms with Crippen molar-refractivity contribution in [3.05, 3.63) is 193 Å². The molecule has 3 aromatic heterocycles. The van der Waals surface area contributed by atoms with Gasteiger partial charge in [-0.05, 0) is 77.2 Å². The summed E-state index contributed by atoms with van der Waals surface area (Å²) in [6.45, 7) is 7.83. The van der Waals surface area contributed by atoms with E-state index in [4.69, 9.17) is 6.57 Å². The van der Waals surface area contributed by atoms with E-state index in [-0.39, 0.29) is 0 Å². The zero-order valence-corrected chi connectivity index (χ0v) is 29.5. The maximum atomic E-state index is 10.6. The van der Waals surface area contributed by atoms with Crippen LogP contribution in [-0.4, -0.2) is 13.7 Å². The lowest BCUT2D eigenvalue weighted by Crippen LogP contribution is -2.02. The van der Waals surface area contributed by atoms with Crippen molar-refractivity contribution in [2.24, 2.45) is 0 Å². The van der Waals surface area contributed by atoms with Crippen molar-refractivity contribution < 1.29 is 0 Å². The summed E-state index contributed by atoms with van der Waals surface area (Å²) in [6, 6.07) is 63.6. The standard InChI is InChI=1S/C50H29N5/c1-52-41-17-11-22-46-49(41)40-15-5-9-21-45(40)53(46)35-28-26-32(27-29-35)33-24-25-34(31-51)48(30-33)55-44-20-8-4-14-38(44)39-16-10-23-47(50(39)55)54-42-18-6-2-12-36(42)37-13-3-7-19-43(37)54/h2-30H. The van der Waals surface area contributed by atoms with E-state index >= 15 is 0 Å². The molecule has 0 saturated heterocycles. The van der Waals surface area contributed by atoms with Crippen molar-refractivity contribution in [1.82, 2.24) is 13.7 Å². The van der Waals surface area contributed by atoms with Gasteiger partial charge in [0.25, 0.3) is 0 Å². The molecule has 5 nitrogen and oxygen atoms in total. The van der Waals surface area contributed by atoms with Gasteiger partial charge in [-0.1, -0.05) is 115 Å². The van der Waals surface area contributed by atoms with Crippen LogP contribution in [0.1, 0.15) is 5.56 Å². The number of nitriles is 1. The molecule has 0 atom stereocenters. The Kier molecular flexibility index (Phi) is 6.61. The smallest absolute Gasteiger partial charge is 0.197 e. The monoisotopic (exact) mass is 699 g/mol. The normalized spacial score (nSPS) is 11.6. The molecule has 0 aliphatic rings. The van der Waals surface area contributed by atoms with Gasteiger partial charge in [0.05, 0.1) is 51.1 Å². The maximum Gasteiger partial charge on any atom is 0.197 e. The average molecular weight is 700 g/mol. The Bertz CT molecular complexity index is 3400. The number of rotatable bonds is 4. The van der Waals surface area contributed by atoms with Crippen LogP contribution >= 0.6 is 0 Å². The summed E-state index contributed by atoms with van der Waals surface area (Å²) in [5.41, 5.74) is 12.6. The molecule has 0 saturated carbocycles. The lowest BCUT2D eigenvalue weighted by atomic mass is 10.0. The second-order valence-corrected chi connectivity index (χ2v) is 13.9. The fraction of sp³-hybridized carbons (Fsp3) is 0. The number of benzene rings is 8. The first-order chi connectivity index (χ1) is 27.2. The van der Waals surface area contributed by atoms with Gasteiger partial charge in [0.15, 0.2) is 5.69 Å². The van der Waals surface area contributed by atoms with E-state index in [0.29, 0.717) is 11.3 Å². The van der Waals surface area contributed by atoms with Crippen molar-refractivity contribution >= 4 is 71.1 Å². The third-order valence-corrected chi connectivity index (χ3v) is 11.1. The maximum absolute atomic E-state index is 10.6. The number of nitrogens with zero attached hydrogens (tertiary/aromatic N) is 5. The fourth-order valence-electron chi connectivity index (χ4n) is 8.78. The molecular weight excluding hydrogens is 671 g/mol. The summed E-state index contributed by atoms with van der Waals surface area (Å²) in [6.07, 6.45) is 0. The van der Waals surface area contributed by atoms with Gasteiger partial charge in [-0.3, -0.25) is 0 Å². The van der Waals surface area contributed by atoms with Crippen LogP contribution in [0.2, 0.25) is 0 Å². The van der Waals surface area contributed by atoms with Gasteiger partial charge in [-0.15, -0.1) is 0 Å². The summed E-state index contributed by atoms with van der Waals surface area (Å²) >= 11 is 0. The SMILES string of the molecule is [C-]#[N+]c1cccc2c1c1ccccc1n2-c1ccc(-c2ccc(C#N)c(-n3c4ccccc4c4cccc(-n5c6ccccc6c6ccccc65)c43)c2)cc1. The Morgan fingerprint density at radius 1 is 0.436 bits per heavy atom. The van der Waals surface area contributed by atoms with Crippen LogP contribution < -0.4 is 0 Å². The fourth-order valence-corrected chi connectivity index (χ4v) is 8.78. The molecule has 0 amide bonds. The van der Waals surface area contributed by atoms with E-state index in [1.54, 1.807) is 0 Å². The first-order valence-corrected chi connectivity index (χ1v) is 18.3. The van der Waals surface area contributed by atoms with E-state index in [1.165, 1.54) is 10.8 Å². The Morgan fingerprint density at radius 3 is 1.62 bits per heavy atom. The highest BCUT2D eigenvalue weighted by Gasteiger charge is 2.22. The van der Waals surface area contributed by atoms with Gasteiger partial charge >= 0.3 is 0 Å². The molecule has 0 bridgehead atoms. The number of fused-ring (bicyclic) bond motifs is 9. The first kappa shape index (κ1) is 30.7. The molecule has 0 spiro atoms. The molecule has 55 heavy (non-hydrogen) atoms. The van der Waals surface area contributed by atoms with Crippen molar-refractivity contribution in [3.8, 4) is 34.3 Å². The molecule has 0 fully saturated rings. The Morgan fingerprint density at radius 2 is 0.964 bits per heavy atom. The Hall–Kier alpha value is -7.86. The number of aromatic nitrogens is 3. The van der Waals surface area contributed by atoms with Gasteiger partial charge in [0, 0.05) is 38.1 Å². The Labute approximate surface area is 316 Å². The molecule has 0 aliphatic carbocycles. The first-order valence-electron chi connectivity index (χ1n) is 18.3. The molecule has 0 N–H and O–H groups in total. The predicted octanol–water partition coefficient (Wildman–Crippen LogP) is 13.1. The summed E-state index contributed by atoms with van der Waals surface area (Å²) in [5, 5.41) is 17.3. The Balaban J connectivity index is 1.13. The predicted molar refractivity (Wildman–Crippen MR) is 226 cm³/mol. The van der Waals surface area contributed by atoms with E-state index in [1.807, 2.05) is 36.4 Å². The van der Waals surface area contributed by atoms with Gasteiger partial charge in [-0.2, -0.15) is 5.26 Å². The van der Waals surface area contributed by atoms with Crippen molar-refractivity contribution in [1.29, 1.82) is 5.26 Å². The van der Waals surface area contributed by atoms with E-state index < -0.39 is 0 Å². The molecule has 11 rings (SSSR count). The van der Waals surface area contributed by atoms with Gasteiger partial charge < -0.3 is 13.7 Å². The van der Waals surface area contributed by atoms with Crippen molar-refractivity contribution in [2.75, 3.05) is 0 Å². The molecule has 254 valence electrons. The van der Waals surface area contributed by atoms with Crippen LogP contribution in [0.25, 0.3) is 98.5 Å². The van der Waals surface area contributed by atoms with Crippen LogP contribution in [0.3, 0.4) is 0 Å². The van der Waals surface area contributed by atoms with Crippen LogP contribution in [-0.2, 0) is 0 Å². The summed E-state index contributed by atoms with van der Waals surface area (Å²) in [4.78, 5) is 3.85. The molecule has 3 heterocycles. The number of hydrogen-bond donors (Lipinski definition) is 0. The molecule has 11 aromatic rings. The number of hydrogen-bond acceptors (Lipinski definition) is 1. The highest BCUT2D eigenvalue weighted by molar-refractivity contribution is 6.16. The second-order valence-electron chi connectivity index (χ2n) is 13.9. The molecular formula is C50H29N5. The van der Waals surface area contributed by atoms with Crippen LogP contribution in [0.4, 0.5) is 5.69 Å². The van der Waals surface area contributed by atoms with E-state index in [0.717, 1.165) is 82.8 Å². The highest BCUT2D eigenvalue weighted by Crippen LogP contribution is 2.42. The van der Waals surface area contributed by atoms with E-state index in [2.05, 4.69) is 164 Å². The minimum Gasteiger partial charge on any atom is -0.311 e. The van der Waals surface area contributed by atoms with Crippen LogP contribution in [0.5, 0.6) is 0 Å². The quantitative estimate of drug-likeness (QED) is 0.169. The van der Waals surface area contributed by atoms with Gasteiger partial charge in [0.1, 0.15) is 6.07 Å². The molecule has 0 unspecified atom stereocenters. The number of para-hydroxylation sites is 5. The highest BCUT2D eigenvalue weighted by atomic mass is 15.1. The third-order valence-electron chi connectivity index (χ3n) is 11.1. The summed E-state index contributed by atoms with van der Waals surface area (Å²) in [5.74, 6) is 0. The zero-order chi connectivity index (χ0) is 36.6. The molecule has 0 radical (unpaired) electrons. The summed E-state index contributed by atoms with van der Waals surface area (Å²) in [7, 11) is 0. The van der Waals surface area contributed by atoms with Crippen molar-refractivity contribution in [3.63, 3.8) is 0 Å². The third kappa shape index (κ3) is 4.39. The molecule has 8 aromatic carbocycles. The minimum atomic E-state index is 0.598. The van der Waals surface area contributed by atoms with Crippen LogP contribution in [0, 0.1) is 17.9 Å². The lowest BCUT2D eigenvalue weighted by Gasteiger charge is -2.16. The van der Waals surface area contributed by atoms with Crippen molar-refractivity contribution in [2.45, 2.75) is 0 Å². The lowest BCUT2D eigenvalue weighted by molar-refractivity contribution is 1.12. The minimum absolute atomic E-state index is 0.598. The largest absolute Gasteiger partial charge is 0.311 e. The topological polar surface area (TPSA) is 42.9 Å². The molecule has 5 heteroatoms. The summed E-state index contributed by atoms with van der Waals surface area (Å²) < 4.78 is 6.89. The van der Waals surface area contributed by atoms with E-state index in [9.17, 15) is 5.26 Å². The second kappa shape index (κ2) is 11.8. The van der Waals surface area contributed by atoms with Gasteiger partial charge in [-0.25, -0.2) is 4.85 Å². The van der Waals surface area contributed by atoms with Gasteiger partial charge in [0.2, 0.25) is 0 Å². The van der Waals surface area contributed by atoms with Crippen LogP contribution in [0.15, 0.2) is 176 Å².